The topological polar surface area (TPSA) is 83.7 Å². The van der Waals surface area contributed by atoms with Crippen LogP contribution in [0.2, 0.25) is 0 Å². The second-order valence-corrected chi connectivity index (χ2v) is 7.78. The minimum atomic E-state index is -4.96. The Bertz CT molecular complexity index is 806. The lowest BCUT2D eigenvalue weighted by molar-refractivity contribution is -0.386. The van der Waals surface area contributed by atoms with Crippen molar-refractivity contribution in [2.75, 3.05) is 6.54 Å². The van der Waals surface area contributed by atoms with Gasteiger partial charge in [-0.15, -0.1) is 0 Å². The predicted molar refractivity (Wildman–Crippen MR) is 85.8 cm³/mol. The zero-order chi connectivity index (χ0) is 19.7. The highest BCUT2D eigenvalue weighted by molar-refractivity contribution is 5.82. The Balaban J connectivity index is 2.16. The first-order valence-electron chi connectivity index (χ1n) is 8.19. The Labute approximate surface area is 147 Å². The summed E-state index contributed by atoms with van der Waals surface area (Å²) < 4.78 is 39.0. The van der Waals surface area contributed by atoms with Crippen LogP contribution in [0.3, 0.4) is 0 Å². The van der Waals surface area contributed by atoms with E-state index in [9.17, 15) is 33.2 Å². The Morgan fingerprint density at radius 2 is 1.96 bits per heavy atom. The molecule has 0 aromatic heterocycles. The number of halogens is 3. The third kappa shape index (κ3) is 2.36. The maximum Gasteiger partial charge on any atom is 0.471 e. The first-order valence-corrected chi connectivity index (χ1v) is 8.19. The van der Waals surface area contributed by atoms with Gasteiger partial charge in [-0.2, -0.15) is 13.2 Å². The molecule has 1 N–H and O–H groups in total. The number of fused-ring (bicyclic) bond motifs is 4. The normalized spacial score (nSPS) is 27.0. The van der Waals surface area contributed by atoms with Gasteiger partial charge in [-0.05, 0) is 35.4 Å². The zero-order valence-electron chi connectivity index (χ0n) is 14.6. The summed E-state index contributed by atoms with van der Waals surface area (Å²) in [6, 6.07) is 1.85. The molecule has 0 radical (unpaired) electrons. The summed E-state index contributed by atoms with van der Waals surface area (Å²) in [6.07, 6.45) is -4.61. The number of aromatic hydroxyl groups is 1. The van der Waals surface area contributed by atoms with Crippen LogP contribution < -0.4 is 0 Å². The maximum absolute atomic E-state index is 13.0. The van der Waals surface area contributed by atoms with Crippen LogP contribution in [-0.2, 0) is 16.6 Å². The lowest BCUT2D eigenvalue weighted by Gasteiger charge is -2.60. The summed E-state index contributed by atoms with van der Waals surface area (Å²) in [5.74, 6) is -2.39. The van der Waals surface area contributed by atoms with E-state index >= 15 is 0 Å². The molecule has 9 heteroatoms. The third-order valence-corrected chi connectivity index (χ3v) is 6.39. The number of phenolic OH excluding ortho intramolecular Hbond substituents is 1. The lowest BCUT2D eigenvalue weighted by Crippen LogP contribution is -2.66. The van der Waals surface area contributed by atoms with Gasteiger partial charge in [0.1, 0.15) is 0 Å². The molecule has 1 aromatic rings. The van der Waals surface area contributed by atoms with Crippen LogP contribution in [0.15, 0.2) is 12.1 Å². The van der Waals surface area contributed by atoms with Crippen LogP contribution in [0.5, 0.6) is 5.75 Å². The first kappa shape index (κ1) is 18.5. The highest BCUT2D eigenvalue weighted by Gasteiger charge is 2.59. The van der Waals surface area contributed by atoms with Crippen molar-refractivity contribution in [3.63, 3.8) is 0 Å². The van der Waals surface area contributed by atoms with Gasteiger partial charge in [-0.25, -0.2) is 0 Å². The summed E-state index contributed by atoms with van der Waals surface area (Å²) in [5.41, 5.74) is -0.620. The van der Waals surface area contributed by atoms with E-state index in [1.165, 1.54) is 12.1 Å². The Morgan fingerprint density at radius 3 is 2.50 bits per heavy atom. The van der Waals surface area contributed by atoms with Crippen LogP contribution in [-0.4, -0.2) is 39.6 Å². The highest BCUT2D eigenvalue weighted by atomic mass is 19.4. The van der Waals surface area contributed by atoms with Gasteiger partial charge < -0.3 is 10.0 Å². The van der Waals surface area contributed by atoms with Gasteiger partial charge >= 0.3 is 17.8 Å². The van der Waals surface area contributed by atoms with Crippen molar-refractivity contribution in [2.24, 2.45) is 5.41 Å². The minimum absolute atomic E-state index is 0.0724. The standard InChI is InChI=1S/C17H19F3N2O4/c1-15(2)13-7-9-6-12(23)11(22(25)26)8-10(9)16(15,3)4-5-21(13)14(24)17(18,19)20/h6,8,13,23H,4-5,7H2,1-3H3/t13-,16+/m1/s1. The molecule has 1 fully saturated rings. The predicted octanol–water partition coefficient (Wildman–Crippen LogP) is 3.30. The van der Waals surface area contributed by atoms with Crippen LogP contribution in [0.1, 0.15) is 38.3 Å². The number of likely N-dealkylation sites (tertiary alicyclic amines) is 1. The molecule has 1 amide bonds. The van der Waals surface area contributed by atoms with E-state index in [1.807, 2.05) is 6.92 Å². The molecular formula is C17H19F3N2O4. The molecule has 1 aliphatic carbocycles. The van der Waals surface area contributed by atoms with Gasteiger partial charge in [0, 0.05) is 24.1 Å². The van der Waals surface area contributed by atoms with Crippen molar-refractivity contribution in [3.8, 4) is 5.75 Å². The van der Waals surface area contributed by atoms with Crippen LogP contribution in [0.4, 0.5) is 18.9 Å². The number of nitrogens with zero attached hydrogens (tertiary/aromatic N) is 2. The van der Waals surface area contributed by atoms with Gasteiger partial charge in [0.25, 0.3) is 0 Å². The quantitative estimate of drug-likeness (QED) is 0.606. The molecule has 2 aliphatic rings. The molecule has 0 spiro atoms. The maximum atomic E-state index is 13.0. The number of carbonyl (C=O) groups excluding carboxylic acids is 1. The average molecular weight is 372 g/mol. The van der Waals surface area contributed by atoms with Gasteiger partial charge in [0.2, 0.25) is 0 Å². The fourth-order valence-electron chi connectivity index (χ4n) is 4.49. The zero-order valence-corrected chi connectivity index (χ0v) is 14.6. The van der Waals surface area contributed by atoms with E-state index in [1.54, 1.807) is 13.8 Å². The molecule has 3 rings (SSSR count). The Morgan fingerprint density at radius 1 is 1.35 bits per heavy atom. The molecule has 6 nitrogen and oxygen atoms in total. The van der Waals surface area contributed by atoms with Crippen molar-refractivity contribution in [2.45, 2.75) is 51.2 Å². The molecule has 142 valence electrons. The first-order chi connectivity index (χ1) is 11.8. The van der Waals surface area contributed by atoms with Crippen molar-refractivity contribution in [1.29, 1.82) is 0 Å². The van der Waals surface area contributed by atoms with E-state index in [-0.39, 0.29) is 19.4 Å². The third-order valence-electron chi connectivity index (χ3n) is 6.39. The molecule has 2 bridgehead atoms. The highest BCUT2D eigenvalue weighted by Crippen LogP contribution is 2.57. The van der Waals surface area contributed by atoms with E-state index in [4.69, 9.17) is 0 Å². The minimum Gasteiger partial charge on any atom is -0.502 e. The van der Waals surface area contributed by atoms with Crippen molar-refractivity contribution < 1.29 is 28.0 Å². The van der Waals surface area contributed by atoms with E-state index in [0.717, 1.165) is 4.90 Å². The summed E-state index contributed by atoms with van der Waals surface area (Å²) in [6.45, 7) is 5.36. The van der Waals surface area contributed by atoms with Crippen LogP contribution in [0, 0.1) is 15.5 Å². The lowest BCUT2D eigenvalue weighted by atomic mass is 9.51. The molecule has 1 aromatic carbocycles. The molecule has 2 atom stereocenters. The van der Waals surface area contributed by atoms with Gasteiger partial charge in [0.05, 0.1) is 4.92 Å². The summed E-state index contributed by atoms with van der Waals surface area (Å²) >= 11 is 0. The van der Waals surface area contributed by atoms with Crippen LogP contribution in [0.25, 0.3) is 0 Å². The van der Waals surface area contributed by atoms with Crippen molar-refractivity contribution >= 4 is 11.6 Å². The summed E-state index contributed by atoms with van der Waals surface area (Å²) in [5, 5.41) is 21.1. The van der Waals surface area contributed by atoms with Crippen molar-refractivity contribution in [3.05, 3.63) is 33.4 Å². The average Bonchev–Trinajstić information content (AvgIpc) is 2.49. The largest absolute Gasteiger partial charge is 0.502 e. The van der Waals surface area contributed by atoms with Gasteiger partial charge in [0.15, 0.2) is 5.75 Å². The number of alkyl halides is 3. The molecule has 0 unspecified atom stereocenters. The number of piperidine rings is 1. The SMILES string of the molecule is CC1(C)[C@H]2Cc3cc(O)c([N+](=O)[O-])cc3[C@]1(C)CCN2C(=O)C(F)(F)F. The van der Waals surface area contributed by atoms with E-state index in [0.29, 0.717) is 11.1 Å². The Kier molecular flexibility index (Phi) is 3.79. The number of carbonyl (C=O) groups is 1. The fraction of sp³-hybridized carbons (Fsp3) is 0.588. The molecule has 1 aliphatic heterocycles. The molecule has 0 saturated carbocycles. The number of amides is 1. The Hall–Kier alpha value is -2.32. The number of rotatable bonds is 1. The number of benzene rings is 1. The number of nitro benzene ring substituents is 1. The number of hydrogen-bond donors (Lipinski definition) is 1. The van der Waals surface area contributed by atoms with E-state index in [2.05, 4.69) is 0 Å². The van der Waals surface area contributed by atoms with Gasteiger partial charge in [-0.3, -0.25) is 14.9 Å². The van der Waals surface area contributed by atoms with Crippen LogP contribution >= 0.6 is 0 Å². The number of phenols is 1. The molecule has 1 heterocycles. The van der Waals surface area contributed by atoms with E-state index < -0.39 is 45.3 Å². The smallest absolute Gasteiger partial charge is 0.471 e. The number of hydrogen-bond acceptors (Lipinski definition) is 4. The molecule has 1 saturated heterocycles. The monoisotopic (exact) mass is 372 g/mol. The van der Waals surface area contributed by atoms with Crippen molar-refractivity contribution in [1.82, 2.24) is 4.90 Å². The van der Waals surface area contributed by atoms with Gasteiger partial charge in [-0.1, -0.05) is 20.8 Å². The number of nitro groups is 1. The summed E-state index contributed by atoms with van der Waals surface area (Å²) in [4.78, 5) is 23.2. The molecule has 26 heavy (non-hydrogen) atoms. The fourth-order valence-corrected chi connectivity index (χ4v) is 4.49. The second kappa shape index (κ2) is 5.34. The second-order valence-electron chi connectivity index (χ2n) is 7.78. The molecular weight excluding hydrogens is 353 g/mol. The summed E-state index contributed by atoms with van der Waals surface area (Å²) in [7, 11) is 0.